The first-order chi connectivity index (χ1) is 15.4. The first-order valence-corrected chi connectivity index (χ1v) is 12.2. The van der Waals surface area contributed by atoms with E-state index in [-0.39, 0.29) is 48.6 Å². The highest BCUT2D eigenvalue weighted by atomic mass is 16.5. The second kappa shape index (κ2) is 11.6. The van der Waals surface area contributed by atoms with E-state index in [2.05, 4.69) is 25.2 Å². The Kier molecular flexibility index (Phi) is 9.70. The van der Waals surface area contributed by atoms with Crippen molar-refractivity contribution in [1.82, 2.24) is 0 Å². The lowest BCUT2D eigenvalue weighted by atomic mass is 9.64. The summed E-state index contributed by atoms with van der Waals surface area (Å²) in [4.78, 5) is 23.7. The van der Waals surface area contributed by atoms with Gasteiger partial charge >= 0.3 is 11.9 Å². The summed E-state index contributed by atoms with van der Waals surface area (Å²) in [6, 6.07) is 0. The molecule has 4 N–H and O–H groups in total. The number of carboxylic acids is 1. The van der Waals surface area contributed by atoms with Gasteiger partial charge in [-0.05, 0) is 70.3 Å². The van der Waals surface area contributed by atoms with Crippen molar-refractivity contribution in [3.63, 3.8) is 0 Å². The molecule has 7 heteroatoms. The molecular formula is C26H42O7. The van der Waals surface area contributed by atoms with Crippen LogP contribution in [-0.2, 0) is 14.3 Å². The van der Waals surface area contributed by atoms with Crippen LogP contribution >= 0.6 is 0 Å². The van der Waals surface area contributed by atoms with Crippen LogP contribution in [0.3, 0.4) is 0 Å². The molecule has 2 aliphatic rings. The van der Waals surface area contributed by atoms with Crippen molar-refractivity contribution in [2.24, 2.45) is 29.1 Å². The zero-order valence-electron chi connectivity index (χ0n) is 20.6. The summed E-state index contributed by atoms with van der Waals surface area (Å²) in [5.41, 5.74) is 0.465. The van der Waals surface area contributed by atoms with Gasteiger partial charge in [-0.15, -0.1) is 0 Å². The van der Waals surface area contributed by atoms with Crippen LogP contribution in [0.1, 0.15) is 73.1 Å². The number of carboxylic acid groups (broad SMARTS) is 1. The zero-order chi connectivity index (χ0) is 24.9. The molecule has 0 aromatic carbocycles. The summed E-state index contributed by atoms with van der Waals surface area (Å²) in [6.07, 6.45) is 5.39. The average Bonchev–Trinajstić information content (AvgIpc) is 2.72. The Morgan fingerprint density at radius 3 is 2.45 bits per heavy atom. The number of hydrogen-bond acceptors (Lipinski definition) is 6. The second-order valence-electron chi connectivity index (χ2n) is 10.6. The van der Waals surface area contributed by atoms with Crippen molar-refractivity contribution in [3.8, 4) is 0 Å². The van der Waals surface area contributed by atoms with E-state index >= 15 is 0 Å². The third-order valence-corrected chi connectivity index (χ3v) is 7.53. The van der Waals surface area contributed by atoms with E-state index < -0.39 is 29.7 Å². The Labute approximate surface area is 197 Å². The molecule has 7 nitrogen and oxygen atoms in total. The lowest BCUT2D eigenvalue weighted by Gasteiger charge is -2.44. The molecule has 0 saturated carbocycles. The summed E-state index contributed by atoms with van der Waals surface area (Å²) in [5.74, 6) is -1.15. The van der Waals surface area contributed by atoms with Gasteiger partial charge in [-0.2, -0.15) is 0 Å². The highest BCUT2D eigenvalue weighted by Crippen LogP contribution is 2.46. The molecule has 188 valence electrons. The summed E-state index contributed by atoms with van der Waals surface area (Å²) in [7, 11) is 0. The van der Waals surface area contributed by atoms with Crippen molar-refractivity contribution in [3.05, 3.63) is 23.8 Å². The van der Waals surface area contributed by atoms with Gasteiger partial charge in [-0.3, -0.25) is 9.59 Å². The Bertz CT molecular complexity index is 739. The first-order valence-electron chi connectivity index (χ1n) is 12.2. The molecular weight excluding hydrogens is 424 g/mol. The van der Waals surface area contributed by atoms with Gasteiger partial charge in [0.1, 0.15) is 6.10 Å². The molecule has 0 aliphatic heterocycles. The molecule has 2 rings (SSSR count). The Morgan fingerprint density at radius 2 is 1.88 bits per heavy atom. The van der Waals surface area contributed by atoms with Crippen LogP contribution in [0.4, 0.5) is 0 Å². The average molecular weight is 467 g/mol. The molecule has 0 radical (unpaired) electrons. The van der Waals surface area contributed by atoms with Crippen LogP contribution in [0.25, 0.3) is 0 Å². The summed E-state index contributed by atoms with van der Waals surface area (Å²) in [6.45, 7) is 9.57. The first kappa shape index (κ1) is 27.5. The van der Waals surface area contributed by atoms with Crippen LogP contribution in [0, 0.1) is 29.1 Å². The van der Waals surface area contributed by atoms with E-state index in [4.69, 9.17) is 9.84 Å². The third kappa shape index (κ3) is 7.39. The van der Waals surface area contributed by atoms with E-state index in [1.165, 1.54) is 0 Å². The minimum absolute atomic E-state index is 0.0177. The molecule has 8 atom stereocenters. The lowest BCUT2D eigenvalue weighted by molar-refractivity contribution is -0.165. The normalized spacial score (nSPS) is 30.1. The number of carbonyl (C=O) groups is 2. The monoisotopic (exact) mass is 466 g/mol. The molecule has 0 aromatic heterocycles. The Balaban J connectivity index is 2.21. The molecule has 0 fully saturated rings. The fourth-order valence-corrected chi connectivity index (χ4v) is 4.92. The quantitative estimate of drug-likeness (QED) is 0.344. The second-order valence-corrected chi connectivity index (χ2v) is 10.6. The van der Waals surface area contributed by atoms with E-state index in [1.807, 2.05) is 20.8 Å². The van der Waals surface area contributed by atoms with Crippen molar-refractivity contribution in [2.45, 2.75) is 97.6 Å². The summed E-state index contributed by atoms with van der Waals surface area (Å²) in [5, 5.41) is 39.3. The van der Waals surface area contributed by atoms with Crippen LogP contribution in [0.2, 0.25) is 0 Å². The van der Waals surface area contributed by atoms with E-state index in [0.717, 1.165) is 5.57 Å². The van der Waals surface area contributed by atoms with Crippen molar-refractivity contribution >= 4 is 11.9 Å². The smallest absolute Gasteiger partial charge is 0.311 e. The highest BCUT2D eigenvalue weighted by molar-refractivity contribution is 5.76. The lowest BCUT2D eigenvalue weighted by Crippen LogP contribution is -2.44. The molecule has 33 heavy (non-hydrogen) atoms. The molecule has 0 heterocycles. The van der Waals surface area contributed by atoms with Crippen LogP contribution in [-0.4, -0.2) is 56.8 Å². The van der Waals surface area contributed by atoms with Gasteiger partial charge in [-0.25, -0.2) is 0 Å². The fraction of sp³-hybridized carbons (Fsp3) is 0.769. The zero-order valence-corrected chi connectivity index (χ0v) is 20.6. The maximum atomic E-state index is 12.9. The van der Waals surface area contributed by atoms with Crippen molar-refractivity contribution < 1.29 is 34.8 Å². The van der Waals surface area contributed by atoms with Gasteiger partial charge < -0.3 is 25.2 Å². The SMILES string of the molecule is CCC(C)(C)C(=O)O[C@H]1C[C@@H](C(C)O)C=C2C=C[C@H](C)[C@H](CC[C@@H](O)C[C@@H](O)CC(=O)O)[C@H]21. The highest BCUT2D eigenvalue weighted by Gasteiger charge is 2.44. The molecule has 0 spiro atoms. The van der Waals surface area contributed by atoms with E-state index in [9.17, 15) is 24.9 Å². The topological polar surface area (TPSA) is 124 Å². The molecule has 1 unspecified atom stereocenters. The van der Waals surface area contributed by atoms with Crippen LogP contribution < -0.4 is 0 Å². The minimum Gasteiger partial charge on any atom is -0.481 e. The van der Waals surface area contributed by atoms with E-state index in [1.54, 1.807) is 6.92 Å². The standard InChI is InChI=1S/C26H42O7/c1-6-26(4,5)25(32)33-22-12-18(16(3)27)11-17-8-7-15(2)21(24(17)22)10-9-19(28)13-20(29)14-23(30)31/h7-8,11,15-16,18-22,24,27-29H,6,9-10,12-14H2,1-5H3,(H,30,31)/t15-,16?,18-,19+,20+,21-,22-,24-/m0/s1. The molecule has 0 amide bonds. The number of allylic oxidation sites excluding steroid dienone is 2. The number of carbonyl (C=O) groups excluding carboxylic acids is 1. The molecule has 0 aromatic rings. The predicted molar refractivity (Wildman–Crippen MR) is 125 cm³/mol. The van der Waals surface area contributed by atoms with Gasteiger partial charge in [0, 0.05) is 11.8 Å². The Hall–Kier alpha value is -1.70. The van der Waals surface area contributed by atoms with Gasteiger partial charge in [0.15, 0.2) is 0 Å². The fourth-order valence-electron chi connectivity index (χ4n) is 4.92. The number of aliphatic carboxylic acids is 1. The van der Waals surface area contributed by atoms with Crippen molar-refractivity contribution in [2.75, 3.05) is 0 Å². The number of aliphatic hydroxyl groups is 3. The van der Waals surface area contributed by atoms with E-state index in [0.29, 0.717) is 25.7 Å². The summed E-state index contributed by atoms with van der Waals surface area (Å²) >= 11 is 0. The molecule has 0 bridgehead atoms. The maximum absolute atomic E-state index is 12.9. The third-order valence-electron chi connectivity index (χ3n) is 7.53. The van der Waals surface area contributed by atoms with Gasteiger partial charge in [0.05, 0.1) is 30.1 Å². The predicted octanol–water partition coefficient (Wildman–Crippen LogP) is 3.47. The number of aliphatic hydroxyl groups excluding tert-OH is 3. The number of esters is 1. The minimum atomic E-state index is -1.09. The number of hydrogen-bond donors (Lipinski definition) is 4. The van der Waals surface area contributed by atoms with Crippen LogP contribution in [0.5, 0.6) is 0 Å². The van der Waals surface area contributed by atoms with Crippen molar-refractivity contribution in [1.29, 1.82) is 0 Å². The van der Waals surface area contributed by atoms with Crippen LogP contribution in [0.15, 0.2) is 23.8 Å². The largest absolute Gasteiger partial charge is 0.481 e. The number of ether oxygens (including phenoxy) is 1. The maximum Gasteiger partial charge on any atom is 0.311 e. The van der Waals surface area contributed by atoms with Gasteiger partial charge in [0.25, 0.3) is 0 Å². The van der Waals surface area contributed by atoms with Gasteiger partial charge in [-0.1, -0.05) is 32.1 Å². The number of rotatable bonds is 11. The molecule has 2 aliphatic carbocycles. The van der Waals surface area contributed by atoms with Gasteiger partial charge in [0.2, 0.25) is 0 Å². The summed E-state index contributed by atoms with van der Waals surface area (Å²) < 4.78 is 6.10. The Morgan fingerprint density at radius 1 is 1.21 bits per heavy atom. The number of fused-ring (bicyclic) bond motifs is 1. The molecule has 0 saturated heterocycles.